The van der Waals surface area contributed by atoms with Gasteiger partial charge in [-0.15, -0.1) is 0 Å². The molecule has 13 heavy (non-hydrogen) atoms. The van der Waals surface area contributed by atoms with E-state index in [1.54, 1.807) is 0 Å². The summed E-state index contributed by atoms with van der Waals surface area (Å²) < 4.78 is 0. The fourth-order valence-electron chi connectivity index (χ4n) is 1.59. The lowest BCUT2D eigenvalue weighted by atomic mass is 9.97. The second kappa shape index (κ2) is 3.75. The predicted molar refractivity (Wildman–Crippen MR) is 56.5 cm³/mol. The van der Waals surface area contributed by atoms with Gasteiger partial charge < -0.3 is 5.32 Å². The maximum atomic E-state index is 3.40. The van der Waals surface area contributed by atoms with Gasteiger partial charge >= 0.3 is 0 Å². The molecule has 1 nitrogen and oxygen atoms in total. The number of nitrogens with one attached hydrogen (secondary N) is 1. The molecule has 0 spiro atoms. The van der Waals surface area contributed by atoms with E-state index in [2.05, 4.69) is 42.6 Å². The van der Waals surface area contributed by atoms with Crippen LogP contribution in [0.15, 0.2) is 35.9 Å². The maximum absolute atomic E-state index is 3.40. The van der Waals surface area contributed by atoms with E-state index >= 15 is 0 Å². The Morgan fingerprint density at radius 1 is 1.38 bits per heavy atom. The number of benzene rings is 1. The van der Waals surface area contributed by atoms with Crippen molar-refractivity contribution in [2.75, 3.05) is 6.54 Å². The van der Waals surface area contributed by atoms with Crippen molar-refractivity contribution < 1.29 is 0 Å². The molecule has 1 heteroatoms. The summed E-state index contributed by atoms with van der Waals surface area (Å²) in [5.74, 6) is 0. The van der Waals surface area contributed by atoms with E-state index in [-0.39, 0.29) is 0 Å². The van der Waals surface area contributed by atoms with Gasteiger partial charge in [-0.2, -0.15) is 0 Å². The Bertz CT molecular complexity index is 296. The zero-order chi connectivity index (χ0) is 9.10. The van der Waals surface area contributed by atoms with Gasteiger partial charge in [-0.25, -0.2) is 0 Å². The molecule has 1 heterocycles. The Kier molecular flexibility index (Phi) is 2.46. The van der Waals surface area contributed by atoms with Crippen LogP contribution in [0.5, 0.6) is 0 Å². The summed E-state index contributed by atoms with van der Waals surface area (Å²) >= 11 is 0. The minimum absolute atomic E-state index is 0.625. The third kappa shape index (κ3) is 1.99. The van der Waals surface area contributed by atoms with Crippen molar-refractivity contribution in [1.82, 2.24) is 5.32 Å². The van der Waals surface area contributed by atoms with Crippen molar-refractivity contribution in [3.63, 3.8) is 0 Å². The van der Waals surface area contributed by atoms with Crippen LogP contribution in [0.4, 0.5) is 0 Å². The zero-order valence-corrected chi connectivity index (χ0v) is 7.96. The highest BCUT2D eigenvalue weighted by Crippen LogP contribution is 2.15. The molecule has 1 N–H and O–H groups in total. The van der Waals surface area contributed by atoms with Crippen molar-refractivity contribution in [3.8, 4) is 0 Å². The molecule has 2 rings (SSSR count). The predicted octanol–water partition coefficient (Wildman–Crippen LogP) is 2.45. The molecule has 1 aliphatic rings. The summed E-state index contributed by atoms with van der Waals surface area (Å²) in [6, 6.07) is 11.1. The molecular weight excluding hydrogens is 158 g/mol. The van der Waals surface area contributed by atoms with Crippen LogP contribution in [-0.2, 0) is 0 Å². The van der Waals surface area contributed by atoms with Gasteiger partial charge in [-0.1, -0.05) is 42.0 Å². The smallest absolute Gasteiger partial charge is 0.0292 e. The molecule has 0 aromatic heterocycles. The Morgan fingerprint density at radius 2 is 2.08 bits per heavy atom. The van der Waals surface area contributed by atoms with Crippen LogP contribution in [0.2, 0.25) is 0 Å². The molecular formula is C12H15N. The van der Waals surface area contributed by atoms with Crippen LogP contribution in [0, 0.1) is 0 Å². The summed E-state index contributed by atoms with van der Waals surface area (Å²) in [7, 11) is 0. The van der Waals surface area contributed by atoms with Gasteiger partial charge in [0.15, 0.2) is 0 Å². The monoisotopic (exact) mass is 173 g/mol. The lowest BCUT2D eigenvalue weighted by Crippen LogP contribution is -2.43. The number of hydrogen-bond acceptors (Lipinski definition) is 1. The first-order valence-electron chi connectivity index (χ1n) is 4.83. The first kappa shape index (κ1) is 8.52. The summed E-state index contributed by atoms with van der Waals surface area (Å²) in [5, 5.41) is 3.40. The van der Waals surface area contributed by atoms with Gasteiger partial charge in [0, 0.05) is 6.04 Å². The van der Waals surface area contributed by atoms with Crippen molar-refractivity contribution in [2.24, 2.45) is 0 Å². The Morgan fingerprint density at radius 3 is 2.62 bits per heavy atom. The van der Waals surface area contributed by atoms with Crippen molar-refractivity contribution in [2.45, 2.75) is 19.4 Å². The molecule has 1 atom stereocenters. The first-order chi connectivity index (χ1) is 6.36. The third-order valence-electron chi connectivity index (χ3n) is 2.57. The molecule has 68 valence electrons. The van der Waals surface area contributed by atoms with E-state index in [4.69, 9.17) is 0 Å². The summed E-state index contributed by atoms with van der Waals surface area (Å²) in [6.45, 7) is 3.37. The van der Waals surface area contributed by atoms with E-state index in [0.717, 1.165) is 0 Å². The lowest BCUT2D eigenvalue weighted by Gasteiger charge is -2.28. The molecule has 0 bridgehead atoms. The summed E-state index contributed by atoms with van der Waals surface area (Å²) in [5.41, 5.74) is 2.74. The van der Waals surface area contributed by atoms with E-state index in [9.17, 15) is 0 Å². The Labute approximate surface area is 79.5 Å². The van der Waals surface area contributed by atoms with E-state index in [1.807, 2.05) is 6.07 Å². The number of rotatable bonds is 2. The fourth-order valence-corrected chi connectivity index (χ4v) is 1.59. The van der Waals surface area contributed by atoms with E-state index in [1.165, 1.54) is 24.1 Å². The molecule has 0 aliphatic carbocycles. The van der Waals surface area contributed by atoms with Gasteiger partial charge in [0.05, 0.1) is 0 Å². The minimum Gasteiger partial charge on any atom is -0.310 e. The van der Waals surface area contributed by atoms with Gasteiger partial charge in [0.25, 0.3) is 0 Å². The SMILES string of the molecule is C/C(=C/c1ccccc1)C1CCN1. The standard InChI is InChI=1S/C12H15N/c1-10(12-7-8-13-12)9-11-5-3-2-4-6-11/h2-6,9,12-13H,7-8H2,1H3/b10-9-. The molecule has 1 aromatic rings. The van der Waals surface area contributed by atoms with Crippen molar-refractivity contribution in [3.05, 3.63) is 41.5 Å². The summed E-state index contributed by atoms with van der Waals surface area (Å²) in [6.07, 6.45) is 3.55. The highest BCUT2D eigenvalue weighted by atomic mass is 15.0. The van der Waals surface area contributed by atoms with Crippen molar-refractivity contribution >= 4 is 6.08 Å². The topological polar surface area (TPSA) is 12.0 Å². The molecule has 1 unspecified atom stereocenters. The quantitative estimate of drug-likeness (QED) is 0.724. The molecule has 0 saturated carbocycles. The summed E-state index contributed by atoms with van der Waals surface area (Å²) in [4.78, 5) is 0. The second-order valence-corrected chi connectivity index (χ2v) is 3.59. The van der Waals surface area contributed by atoms with Gasteiger partial charge in [-0.05, 0) is 25.5 Å². The van der Waals surface area contributed by atoms with Gasteiger partial charge in [-0.3, -0.25) is 0 Å². The zero-order valence-electron chi connectivity index (χ0n) is 7.96. The fraction of sp³-hybridized carbons (Fsp3) is 0.333. The highest BCUT2D eigenvalue weighted by molar-refractivity contribution is 5.53. The Hall–Kier alpha value is -1.08. The normalized spacial score (nSPS) is 22.5. The van der Waals surface area contributed by atoms with Gasteiger partial charge in [0.1, 0.15) is 0 Å². The number of hydrogen-bond donors (Lipinski definition) is 1. The molecule has 0 amide bonds. The average molecular weight is 173 g/mol. The van der Waals surface area contributed by atoms with Crippen LogP contribution in [0.25, 0.3) is 6.08 Å². The molecule has 1 aromatic carbocycles. The lowest BCUT2D eigenvalue weighted by molar-refractivity contribution is 0.420. The maximum Gasteiger partial charge on any atom is 0.0292 e. The molecule has 0 radical (unpaired) electrons. The van der Waals surface area contributed by atoms with Gasteiger partial charge in [0.2, 0.25) is 0 Å². The third-order valence-corrected chi connectivity index (χ3v) is 2.57. The molecule has 1 fully saturated rings. The van der Waals surface area contributed by atoms with E-state index in [0.29, 0.717) is 6.04 Å². The van der Waals surface area contributed by atoms with E-state index < -0.39 is 0 Å². The minimum atomic E-state index is 0.625. The highest BCUT2D eigenvalue weighted by Gasteiger charge is 2.17. The van der Waals surface area contributed by atoms with Crippen LogP contribution in [0.1, 0.15) is 18.9 Å². The van der Waals surface area contributed by atoms with Crippen LogP contribution in [-0.4, -0.2) is 12.6 Å². The molecule has 1 aliphatic heterocycles. The molecule has 1 saturated heterocycles. The largest absolute Gasteiger partial charge is 0.310 e. The average Bonchev–Trinajstić information content (AvgIpc) is 2.02. The Balaban J connectivity index is 2.10. The van der Waals surface area contributed by atoms with Crippen LogP contribution in [0.3, 0.4) is 0 Å². The van der Waals surface area contributed by atoms with Crippen molar-refractivity contribution in [1.29, 1.82) is 0 Å². The van der Waals surface area contributed by atoms with Crippen LogP contribution < -0.4 is 5.32 Å². The second-order valence-electron chi connectivity index (χ2n) is 3.59. The van der Waals surface area contributed by atoms with Crippen LogP contribution >= 0.6 is 0 Å². The first-order valence-corrected chi connectivity index (χ1v) is 4.83.